The molecule has 5 nitrogen and oxygen atoms in total. The number of nitrogen functional groups attached to an aromatic ring is 1. The first-order valence-electron chi connectivity index (χ1n) is 7.91. The second kappa shape index (κ2) is 5.46. The van der Waals surface area contributed by atoms with Crippen molar-refractivity contribution in [2.75, 3.05) is 5.73 Å². The third-order valence-electron chi connectivity index (χ3n) is 4.44. The summed E-state index contributed by atoms with van der Waals surface area (Å²) in [7, 11) is 2.01. The van der Waals surface area contributed by atoms with Crippen molar-refractivity contribution in [3.63, 3.8) is 0 Å². The van der Waals surface area contributed by atoms with Crippen molar-refractivity contribution < 1.29 is 0 Å². The van der Waals surface area contributed by atoms with Crippen LogP contribution in [-0.2, 0) is 13.5 Å². The van der Waals surface area contributed by atoms with E-state index in [1.807, 2.05) is 11.7 Å². The monoisotopic (exact) mass is 275 g/mol. The van der Waals surface area contributed by atoms with Crippen LogP contribution in [0.25, 0.3) is 11.2 Å². The van der Waals surface area contributed by atoms with E-state index in [4.69, 9.17) is 5.73 Å². The van der Waals surface area contributed by atoms with Gasteiger partial charge in [-0.1, -0.05) is 39.0 Å². The Labute approximate surface area is 120 Å². The zero-order valence-electron chi connectivity index (χ0n) is 12.6. The Kier molecular flexibility index (Phi) is 3.68. The van der Waals surface area contributed by atoms with E-state index in [0.717, 1.165) is 29.7 Å². The Hall–Kier alpha value is -1.52. The van der Waals surface area contributed by atoms with Crippen LogP contribution in [0.2, 0.25) is 0 Å². The van der Waals surface area contributed by atoms with Gasteiger partial charge in [0.1, 0.15) is 5.52 Å². The van der Waals surface area contributed by atoms with E-state index in [-0.39, 0.29) is 0 Å². The van der Waals surface area contributed by atoms with Gasteiger partial charge in [-0.15, -0.1) is 0 Å². The Morgan fingerprint density at radius 1 is 1.20 bits per heavy atom. The second-order valence-electron chi connectivity index (χ2n) is 5.98. The fourth-order valence-corrected chi connectivity index (χ4v) is 3.50. The summed E-state index contributed by atoms with van der Waals surface area (Å²) >= 11 is 0. The quantitative estimate of drug-likeness (QED) is 0.875. The van der Waals surface area contributed by atoms with Gasteiger partial charge in [0.2, 0.25) is 5.95 Å². The van der Waals surface area contributed by atoms with E-state index in [1.165, 1.54) is 38.5 Å². The number of imidazole rings is 1. The molecule has 1 aliphatic rings. The molecular formula is C15H25N5. The van der Waals surface area contributed by atoms with Crippen molar-refractivity contribution in [2.45, 2.75) is 64.3 Å². The van der Waals surface area contributed by atoms with Gasteiger partial charge >= 0.3 is 0 Å². The summed E-state index contributed by atoms with van der Waals surface area (Å²) in [6.45, 7) is 2.17. The van der Waals surface area contributed by atoms with Gasteiger partial charge in [0, 0.05) is 13.1 Å². The molecule has 2 aromatic heterocycles. The highest BCUT2D eigenvalue weighted by Gasteiger charge is 2.23. The maximum Gasteiger partial charge on any atom is 0.202 e. The molecule has 0 bridgehead atoms. The number of nitrogens with zero attached hydrogens (tertiary/aromatic N) is 4. The van der Waals surface area contributed by atoms with Crippen LogP contribution in [0, 0.1) is 0 Å². The highest BCUT2D eigenvalue weighted by molar-refractivity contribution is 5.78. The van der Waals surface area contributed by atoms with Crippen molar-refractivity contribution >= 4 is 17.1 Å². The van der Waals surface area contributed by atoms with E-state index in [1.54, 1.807) is 0 Å². The Balaban J connectivity index is 2.07. The lowest BCUT2D eigenvalue weighted by atomic mass is 10.1. The minimum Gasteiger partial charge on any atom is -0.369 e. The third-order valence-corrected chi connectivity index (χ3v) is 4.44. The number of aromatic nitrogens is 4. The summed E-state index contributed by atoms with van der Waals surface area (Å²) in [6, 6.07) is 0.493. The first-order valence-corrected chi connectivity index (χ1v) is 7.91. The molecule has 0 radical (unpaired) electrons. The summed E-state index contributed by atoms with van der Waals surface area (Å²) in [5, 5.41) is 4.64. The van der Waals surface area contributed by atoms with Gasteiger partial charge in [-0.2, -0.15) is 5.10 Å². The molecule has 5 heteroatoms. The summed E-state index contributed by atoms with van der Waals surface area (Å²) in [5.74, 6) is 0.664. The van der Waals surface area contributed by atoms with Gasteiger partial charge in [0.05, 0.1) is 5.69 Å². The minimum absolute atomic E-state index is 0.493. The summed E-state index contributed by atoms with van der Waals surface area (Å²) in [6.07, 6.45) is 9.77. The third kappa shape index (κ3) is 2.19. The number of fused-ring (bicyclic) bond motifs is 1. The lowest BCUT2D eigenvalue weighted by molar-refractivity contribution is 0.452. The number of anilines is 1. The van der Waals surface area contributed by atoms with Gasteiger partial charge < -0.3 is 5.73 Å². The van der Waals surface area contributed by atoms with Gasteiger partial charge in [-0.3, -0.25) is 9.25 Å². The molecule has 1 fully saturated rings. The molecule has 0 saturated heterocycles. The SMILES string of the molecule is CCCc1nn(C)c2c1nc(N)n2C1CCCCCC1. The van der Waals surface area contributed by atoms with Crippen molar-refractivity contribution in [2.24, 2.45) is 7.05 Å². The maximum atomic E-state index is 6.22. The molecule has 0 aromatic carbocycles. The number of aryl methyl sites for hydroxylation is 2. The summed E-state index contributed by atoms with van der Waals surface area (Å²) < 4.78 is 4.21. The average molecular weight is 275 g/mol. The van der Waals surface area contributed by atoms with Crippen LogP contribution in [0.15, 0.2) is 0 Å². The highest BCUT2D eigenvalue weighted by Crippen LogP contribution is 2.33. The number of nitrogens with two attached hydrogens (primary N) is 1. The van der Waals surface area contributed by atoms with Crippen molar-refractivity contribution in [3.8, 4) is 0 Å². The Bertz CT molecular complexity index is 587. The van der Waals surface area contributed by atoms with Gasteiger partial charge in [0.15, 0.2) is 5.65 Å². The average Bonchev–Trinajstić information content (AvgIpc) is 2.77. The molecule has 0 spiro atoms. The molecule has 0 unspecified atom stereocenters. The van der Waals surface area contributed by atoms with E-state index >= 15 is 0 Å². The van der Waals surface area contributed by atoms with E-state index < -0.39 is 0 Å². The summed E-state index contributed by atoms with van der Waals surface area (Å²) in [5.41, 5.74) is 9.43. The van der Waals surface area contributed by atoms with Crippen LogP contribution < -0.4 is 5.73 Å². The molecule has 0 amide bonds. The molecule has 2 N–H and O–H groups in total. The van der Waals surface area contributed by atoms with Gasteiger partial charge in [0.25, 0.3) is 0 Å². The fraction of sp³-hybridized carbons (Fsp3) is 0.733. The zero-order valence-corrected chi connectivity index (χ0v) is 12.6. The number of hydrogen-bond acceptors (Lipinski definition) is 3. The molecule has 1 saturated carbocycles. The lowest BCUT2D eigenvalue weighted by Gasteiger charge is -2.18. The molecular weight excluding hydrogens is 250 g/mol. The summed E-state index contributed by atoms with van der Waals surface area (Å²) in [4.78, 5) is 4.62. The first-order chi connectivity index (χ1) is 9.72. The zero-order chi connectivity index (χ0) is 14.1. The molecule has 3 rings (SSSR count). The standard InChI is InChI=1S/C15H25N5/c1-3-8-12-13-14(19(2)18-12)20(15(16)17-13)11-9-6-4-5-7-10-11/h11H,3-10H2,1-2H3,(H2,16,17). The van der Waals surface area contributed by atoms with E-state index in [9.17, 15) is 0 Å². The molecule has 1 aliphatic carbocycles. The first kappa shape index (κ1) is 13.5. The predicted molar refractivity (Wildman–Crippen MR) is 81.6 cm³/mol. The lowest BCUT2D eigenvalue weighted by Crippen LogP contribution is -2.13. The predicted octanol–water partition coefficient (Wildman–Crippen LogP) is 3.20. The number of hydrogen-bond donors (Lipinski definition) is 1. The van der Waals surface area contributed by atoms with Gasteiger partial charge in [-0.25, -0.2) is 4.98 Å². The second-order valence-corrected chi connectivity index (χ2v) is 5.98. The largest absolute Gasteiger partial charge is 0.369 e. The van der Waals surface area contributed by atoms with Crippen LogP contribution in [0.5, 0.6) is 0 Å². The molecule has 0 atom stereocenters. The van der Waals surface area contributed by atoms with Crippen molar-refractivity contribution in [1.29, 1.82) is 0 Å². The molecule has 2 heterocycles. The molecule has 20 heavy (non-hydrogen) atoms. The Morgan fingerprint density at radius 2 is 1.90 bits per heavy atom. The van der Waals surface area contributed by atoms with Crippen molar-refractivity contribution in [1.82, 2.24) is 19.3 Å². The topological polar surface area (TPSA) is 61.7 Å². The Morgan fingerprint density at radius 3 is 2.55 bits per heavy atom. The minimum atomic E-state index is 0.493. The van der Waals surface area contributed by atoms with Crippen LogP contribution in [-0.4, -0.2) is 19.3 Å². The maximum absolute atomic E-state index is 6.22. The molecule has 110 valence electrons. The normalized spacial score (nSPS) is 17.7. The van der Waals surface area contributed by atoms with Gasteiger partial charge in [-0.05, 0) is 19.3 Å². The van der Waals surface area contributed by atoms with Crippen LogP contribution in [0.4, 0.5) is 5.95 Å². The van der Waals surface area contributed by atoms with Crippen molar-refractivity contribution in [3.05, 3.63) is 5.69 Å². The number of rotatable bonds is 3. The molecule has 0 aliphatic heterocycles. The van der Waals surface area contributed by atoms with E-state index in [0.29, 0.717) is 12.0 Å². The smallest absolute Gasteiger partial charge is 0.202 e. The van der Waals surface area contributed by atoms with Crippen LogP contribution in [0.1, 0.15) is 63.6 Å². The fourth-order valence-electron chi connectivity index (χ4n) is 3.50. The highest BCUT2D eigenvalue weighted by atomic mass is 15.4. The van der Waals surface area contributed by atoms with Crippen LogP contribution in [0.3, 0.4) is 0 Å². The van der Waals surface area contributed by atoms with E-state index in [2.05, 4.69) is 21.6 Å². The molecule has 2 aromatic rings. The van der Waals surface area contributed by atoms with Crippen LogP contribution >= 0.6 is 0 Å².